The molecule has 0 atom stereocenters. The number of carbonyl (C=O) groups is 1. The van der Waals surface area contributed by atoms with Crippen LogP contribution >= 0.6 is 11.6 Å². The second kappa shape index (κ2) is 6.79. The van der Waals surface area contributed by atoms with E-state index in [2.05, 4.69) is 5.32 Å². The van der Waals surface area contributed by atoms with E-state index in [-0.39, 0.29) is 11.8 Å². The van der Waals surface area contributed by atoms with Gasteiger partial charge in [-0.2, -0.15) is 0 Å². The van der Waals surface area contributed by atoms with E-state index >= 15 is 0 Å². The Morgan fingerprint density at radius 1 is 1.28 bits per heavy atom. The maximum Gasteiger partial charge on any atom is 0.223 e. The van der Waals surface area contributed by atoms with Crippen molar-refractivity contribution in [3.63, 3.8) is 0 Å². The van der Waals surface area contributed by atoms with E-state index in [9.17, 15) is 4.79 Å². The minimum atomic E-state index is 0.242. The molecule has 2 nitrogen and oxygen atoms in total. The van der Waals surface area contributed by atoms with E-state index in [1.165, 1.54) is 12.8 Å². The first kappa shape index (κ1) is 13.4. The van der Waals surface area contributed by atoms with Gasteiger partial charge in [0.25, 0.3) is 0 Å². The lowest BCUT2D eigenvalue weighted by molar-refractivity contribution is -0.124. The molecule has 1 aliphatic rings. The molecule has 0 bridgehead atoms. The summed E-state index contributed by atoms with van der Waals surface area (Å²) >= 11 is 6.08. The van der Waals surface area contributed by atoms with E-state index < -0.39 is 0 Å². The molecule has 0 radical (unpaired) electrons. The van der Waals surface area contributed by atoms with Crippen LogP contribution in [0.3, 0.4) is 0 Å². The van der Waals surface area contributed by atoms with Gasteiger partial charge in [-0.3, -0.25) is 4.79 Å². The van der Waals surface area contributed by atoms with Gasteiger partial charge in [0.05, 0.1) is 0 Å². The largest absolute Gasteiger partial charge is 0.356 e. The third-order valence-corrected chi connectivity index (χ3v) is 3.97. The van der Waals surface area contributed by atoms with Gasteiger partial charge >= 0.3 is 0 Å². The molecule has 0 unspecified atom stereocenters. The molecular weight excluding hydrogens is 246 g/mol. The highest BCUT2D eigenvalue weighted by molar-refractivity contribution is 6.31. The van der Waals surface area contributed by atoms with Crippen LogP contribution in [0.25, 0.3) is 0 Å². The summed E-state index contributed by atoms with van der Waals surface area (Å²) in [5.74, 6) is 0.511. The molecule has 0 aromatic heterocycles. The van der Waals surface area contributed by atoms with Crippen molar-refractivity contribution in [1.82, 2.24) is 5.32 Å². The third kappa shape index (κ3) is 3.74. The first-order valence-corrected chi connectivity index (χ1v) is 7.16. The first-order valence-electron chi connectivity index (χ1n) is 6.78. The van der Waals surface area contributed by atoms with Gasteiger partial charge in [0.15, 0.2) is 0 Å². The fraction of sp³-hybridized carbons (Fsp3) is 0.533. The van der Waals surface area contributed by atoms with E-state index in [1.54, 1.807) is 0 Å². The van der Waals surface area contributed by atoms with Crippen molar-refractivity contribution in [2.75, 3.05) is 6.54 Å². The molecule has 98 valence electrons. The zero-order chi connectivity index (χ0) is 12.8. The van der Waals surface area contributed by atoms with Crippen LogP contribution in [0.1, 0.15) is 37.7 Å². The maximum atomic E-state index is 11.8. The van der Waals surface area contributed by atoms with Gasteiger partial charge in [-0.25, -0.2) is 0 Å². The Kier molecular flexibility index (Phi) is 5.06. The summed E-state index contributed by atoms with van der Waals surface area (Å²) in [5, 5.41) is 3.85. The Labute approximate surface area is 114 Å². The minimum Gasteiger partial charge on any atom is -0.356 e. The maximum absolute atomic E-state index is 11.8. The van der Waals surface area contributed by atoms with Crippen molar-refractivity contribution in [2.24, 2.45) is 5.92 Å². The highest BCUT2D eigenvalue weighted by Gasteiger charge is 2.21. The molecule has 3 heteroatoms. The molecule has 1 aromatic carbocycles. The zero-order valence-corrected chi connectivity index (χ0v) is 11.4. The number of benzene rings is 1. The van der Waals surface area contributed by atoms with Gasteiger partial charge in [-0.1, -0.05) is 42.6 Å². The lowest BCUT2D eigenvalue weighted by Gasteiger charge is -2.10. The number of rotatable bonds is 5. The average Bonchev–Trinajstić information content (AvgIpc) is 2.90. The lowest BCUT2D eigenvalue weighted by Crippen LogP contribution is -2.30. The third-order valence-electron chi connectivity index (χ3n) is 3.61. The van der Waals surface area contributed by atoms with Gasteiger partial charge in [0.1, 0.15) is 0 Å². The predicted molar refractivity (Wildman–Crippen MR) is 74.7 cm³/mol. The molecular formula is C15H20ClNO. The van der Waals surface area contributed by atoms with Crippen LogP contribution in [0.15, 0.2) is 24.3 Å². The molecule has 1 aliphatic carbocycles. The van der Waals surface area contributed by atoms with E-state index in [0.717, 1.165) is 42.8 Å². The van der Waals surface area contributed by atoms with Crippen LogP contribution < -0.4 is 5.32 Å². The number of nitrogens with one attached hydrogen (secondary N) is 1. The molecule has 1 fully saturated rings. The van der Waals surface area contributed by atoms with Gasteiger partial charge in [0, 0.05) is 17.5 Å². The number of amides is 1. The molecule has 0 spiro atoms. The SMILES string of the molecule is O=C(NCCCc1ccccc1Cl)C1CCCC1. The quantitative estimate of drug-likeness (QED) is 0.810. The Hall–Kier alpha value is -1.02. The fourth-order valence-corrected chi connectivity index (χ4v) is 2.75. The Balaban J connectivity index is 1.67. The van der Waals surface area contributed by atoms with Gasteiger partial charge in [-0.05, 0) is 37.3 Å². The van der Waals surface area contributed by atoms with Gasteiger partial charge in [0.2, 0.25) is 5.91 Å². The van der Waals surface area contributed by atoms with E-state index in [0.29, 0.717) is 0 Å². The molecule has 0 saturated heterocycles. The normalized spacial score (nSPS) is 15.8. The molecule has 1 N–H and O–H groups in total. The summed E-state index contributed by atoms with van der Waals surface area (Å²) in [4.78, 5) is 11.8. The van der Waals surface area contributed by atoms with Crippen molar-refractivity contribution in [3.8, 4) is 0 Å². The van der Waals surface area contributed by atoms with Crippen molar-refractivity contribution in [2.45, 2.75) is 38.5 Å². The summed E-state index contributed by atoms with van der Waals surface area (Å²) in [6.07, 6.45) is 6.41. The van der Waals surface area contributed by atoms with Crippen molar-refractivity contribution in [1.29, 1.82) is 0 Å². The molecule has 1 aromatic rings. The average molecular weight is 266 g/mol. The van der Waals surface area contributed by atoms with Crippen LogP contribution in [0, 0.1) is 5.92 Å². The van der Waals surface area contributed by atoms with Crippen molar-refractivity contribution in [3.05, 3.63) is 34.9 Å². The monoisotopic (exact) mass is 265 g/mol. The van der Waals surface area contributed by atoms with E-state index in [4.69, 9.17) is 11.6 Å². The zero-order valence-electron chi connectivity index (χ0n) is 10.6. The Morgan fingerprint density at radius 3 is 2.72 bits per heavy atom. The highest BCUT2D eigenvalue weighted by atomic mass is 35.5. The van der Waals surface area contributed by atoms with Crippen LogP contribution in [0.2, 0.25) is 5.02 Å². The smallest absolute Gasteiger partial charge is 0.223 e. The highest BCUT2D eigenvalue weighted by Crippen LogP contribution is 2.24. The Morgan fingerprint density at radius 2 is 2.00 bits per heavy atom. The van der Waals surface area contributed by atoms with Gasteiger partial charge < -0.3 is 5.32 Å². The van der Waals surface area contributed by atoms with Crippen LogP contribution in [0.4, 0.5) is 0 Å². The number of hydrogen-bond acceptors (Lipinski definition) is 1. The Bertz CT molecular complexity index is 399. The first-order chi connectivity index (χ1) is 8.77. The van der Waals surface area contributed by atoms with Crippen LogP contribution in [-0.2, 0) is 11.2 Å². The molecule has 1 saturated carbocycles. The predicted octanol–water partition coefficient (Wildman–Crippen LogP) is 3.58. The summed E-state index contributed by atoms with van der Waals surface area (Å²) in [5.41, 5.74) is 1.16. The number of halogens is 1. The molecule has 1 amide bonds. The topological polar surface area (TPSA) is 29.1 Å². The van der Waals surface area contributed by atoms with Crippen LogP contribution in [0.5, 0.6) is 0 Å². The van der Waals surface area contributed by atoms with Crippen LogP contribution in [-0.4, -0.2) is 12.5 Å². The molecule has 0 aliphatic heterocycles. The van der Waals surface area contributed by atoms with Crippen molar-refractivity contribution >= 4 is 17.5 Å². The minimum absolute atomic E-state index is 0.242. The number of hydrogen-bond donors (Lipinski definition) is 1. The summed E-state index contributed by atoms with van der Waals surface area (Å²) < 4.78 is 0. The second-order valence-electron chi connectivity index (χ2n) is 4.97. The number of aryl methyl sites for hydroxylation is 1. The summed E-state index contributed by atoms with van der Waals surface area (Å²) in [7, 11) is 0. The molecule has 2 rings (SSSR count). The summed E-state index contributed by atoms with van der Waals surface area (Å²) in [6, 6.07) is 7.89. The fourth-order valence-electron chi connectivity index (χ4n) is 2.52. The van der Waals surface area contributed by atoms with Crippen molar-refractivity contribution < 1.29 is 4.79 Å². The standard InChI is InChI=1S/C15H20ClNO/c16-14-10-4-3-6-12(14)9-5-11-17-15(18)13-7-1-2-8-13/h3-4,6,10,13H,1-2,5,7-9,11H2,(H,17,18). The number of carbonyl (C=O) groups excluding carboxylic acids is 1. The molecule has 0 heterocycles. The van der Waals surface area contributed by atoms with Gasteiger partial charge in [-0.15, -0.1) is 0 Å². The lowest BCUT2D eigenvalue weighted by atomic mass is 10.1. The molecule has 18 heavy (non-hydrogen) atoms. The van der Waals surface area contributed by atoms with E-state index in [1.807, 2.05) is 24.3 Å². The summed E-state index contributed by atoms with van der Waals surface area (Å²) in [6.45, 7) is 0.751. The second-order valence-corrected chi connectivity index (χ2v) is 5.37.